The summed E-state index contributed by atoms with van der Waals surface area (Å²) in [5.74, 6) is -1.03. The first kappa shape index (κ1) is 17.7. The number of carbonyl (C=O) groups is 2. The molecule has 0 saturated carbocycles. The van der Waals surface area contributed by atoms with Gasteiger partial charge >= 0.3 is 5.97 Å². The summed E-state index contributed by atoms with van der Waals surface area (Å²) in [7, 11) is 0. The molecule has 0 radical (unpaired) electrons. The van der Waals surface area contributed by atoms with E-state index in [0.717, 1.165) is 5.56 Å². The fourth-order valence-corrected chi connectivity index (χ4v) is 4.60. The first-order chi connectivity index (χ1) is 13.8. The number of carbonyl (C=O) groups excluding carboxylic acids is 2. The second kappa shape index (κ2) is 5.84. The van der Waals surface area contributed by atoms with Gasteiger partial charge in [-0.3, -0.25) is 14.9 Å². The highest BCUT2D eigenvalue weighted by Gasteiger charge is 2.52. The molecule has 1 N–H and O–H groups in total. The molecule has 0 saturated heterocycles. The largest absolute Gasteiger partial charge is 0.458 e. The van der Waals surface area contributed by atoms with Gasteiger partial charge in [0.2, 0.25) is 0 Å². The van der Waals surface area contributed by atoms with Crippen molar-refractivity contribution in [2.24, 2.45) is 0 Å². The number of aromatic nitrogens is 1. The summed E-state index contributed by atoms with van der Waals surface area (Å²) >= 11 is 0. The molecule has 148 valence electrons. The standard InChI is InChI=1S/C20H17N3O6/c1-2-20(26)13-7-16-17-10(8-22(16)18(24)12(13)9-29-19(20)25)6-11-14(21-17)4-3-5-15(11)23(27)28/h3-6,16,26H,2,7-9H2,1H3/t16?,20-/m1/s1. The van der Waals surface area contributed by atoms with Crippen molar-refractivity contribution >= 4 is 28.5 Å². The Kier molecular flexibility index (Phi) is 3.57. The molecule has 3 aliphatic rings. The first-order valence-corrected chi connectivity index (χ1v) is 9.35. The third kappa shape index (κ3) is 2.27. The molecule has 1 aromatic carbocycles. The Morgan fingerprint density at radius 2 is 2.21 bits per heavy atom. The summed E-state index contributed by atoms with van der Waals surface area (Å²) < 4.78 is 5.07. The van der Waals surface area contributed by atoms with E-state index in [9.17, 15) is 24.8 Å². The van der Waals surface area contributed by atoms with Crippen molar-refractivity contribution in [1.29, 1.82) is 0 Å². The van der Waals surface area contributed by atoms with E-state index in [1.807, 2.05) is 0 Å². The normalized spacial score (nSPS) is 25.6. The zero-order valence-corrected chi connectivity index (χ0v) is 15.5. The number of non-ortho nitro benzene ring substituents is 1. The fraction of sp³-hybridized carbons (Fsp3) is 0.350. The molecule has 5 rings (SSSR count). The van der Waals surface area contributed by atoms with Gasteiger partial charge in [0.1, 0.15) is 6.61 Å². The van der Waals surface area contributed by atoms with Crippen LogP contribution in [0.3, 0.4) is 0 Å². The monoisotopic (exact) mass is 395 g/mol. The molecular weight excluding hydrogens is 378 g/mol. The average Bonchev–Trinajstić information content (AvgIpc) is 3.07. The summed E-state index contributed by atoms with van der Waals surface area (Å²) in [5.41, 5.74) is 0.720. The molecule has 9 heteroatoms. The van der Waals surface area contributed by atoms with Gasteiger partial charge in [0, 0.05) is 12.6 Å². The van der Waals surface area contributed by atoms with Crippen LogP contribution in [0.1, 0.15) is 37.1 Å². The lowest BCUT2D eigenvalue weighted by Crippen LogP contribution is -2.51. The summed E-state index contributed by atoms with van der Waals surface area (Å²) in [6, 6.07) is 5.99. The molecular formula is C20H17N3O6. The smallest absolute Gasteiger partial charge is 0.342 e. The number of hydrogen-bond donors (Lipinski definition) is 1. The Hall–Kier alpha value is -3.33. The molecule has 0 fully saturated rings. The zero-order valence-electron chi connectivity index (χ0n) is 15.5. The van der Waals surface area contributed by atoms with Crippen LogP contribution in [-0.4, -0.2) is 44.0 Å². The third-order valence-corrected chi connectivity index (χ3v) is 6.15. The SMILES string of the molecule is CC[C@]1(O)C(=O)OCC2=C1CC1c3nc4cccc([N+](=O)[O-])c4cc3CN1C2=O. The van der Waals surface area contributed by atoms with Gasteiger partial charge in [0.05, 0.1) is 33.1 Å². The number of nitro groups is 1. The topological polar surface area (TPSA) is 123 Å². The van der Waals surface area contributed by atoms with E-state index in [-0.39, 0.29) is 37.6 Å². The van der Waals surface area contributed by atoms with Gasteiger partial charge in [-0.15, -0.1) is 0 Å². The fourth-order valence-electron chi connectivity index (χ4n) is 4.60. The number of ether oxygens (including phenoxy) is 1. The first-order valence-electron chi connectivity index (χ1n) is 9.35. The second-order valence-corrected chi connectivity index (χ2v) is 7.53. The van der Waals surface area contributed by atoms with Crippen LogP contribution >= 0.6 is 0 Å². The number of cyclic esters (lactones) is 1. The Morgan fingerprint density at radius 1 is 1.41 bits per heavy atom. The summed E-state index contributed by atoms with van der Waals surface area (Å²) in [5, 5.41) is 22.7. The molecule has 2 aromatic rings. The van der Waals surface area contributed by atoms with Crippen molar-refractivity contribution in [2.75, 3.05) is 6.61 Å². The summed E-state index contributed by atoms with van der Waals surface area (Å²) in [6.07, 6.45) is 0.385. The Morgan fingerprint density at radius 3 is 2.93 bits per heavy atom. The van der Waals surface area contributed by atoms with E-state index in [1.165, 1.54) is 6.07 Å². The maximum absolute atomic E-state index is 13.1. The molecule has 4 heterocycles. The van der Waals surface area contributed by atoms with E-state index in [1.54, 1.807) is 30.0 Å². The highest BCUT2D eigenvalue weighted by atomic mass is 16.6. The maximum atomic E-state index is 13.1. The van der Waals surface area contributed by atoms with E-state index in [2.05, 4.69) is 4.98 Å². The van der Waals surface area contributed by atoms with Crippen LogP contribution in [-0.2, 0) is 20.9 Å². The van der Waals surface area contributed by atoms with E-state index >= 15 is 0 Å². The molecule has 1 amide bonds. The predicted octanol–water partition coefficient (Wildman–Crippen LogP) is 1.92. The molecule has 1 aromatic heterocycles. The van der Waals surface area contributed by atoms with Gasteiger partial charge in [-0.25, -0.2) is 9.78 Å². The number of nitrogens with zero attached hydrogens (tertiary/aromatic N) is 3. The van der Waals surface area contributed by atoms with Crippen LogP contribution in [0.15, 0.2) is 35.4 Å². The van der Waals surface area contributed by atoms with E-state index in [0.29, 0.717) is 27.7 Å². The number of nitro benzene ring substituents is 1. The summed E-state index contributed by atoms with van der Waals surface area (Å²) in [6.45, 7) is 1.78. The number of esters is 1. The average molecular weight is 395 g/mol. The van der Waals surface area contributed by atoms with Crippen molar-refractivity contribution in [3.63, 3.8) is 0 Å². The molecule has 0 aliphatic carbocycles. The van der Waals surface area contributed by atoms with Gasteiger partial charge in [0.25, 0.3) is 11.6 Å². The highest BCUT2D eigenvalue weighted by molar-refractivity contribution is 6.01. The number of pyridine rings is 1. The lowest BCUT2D eigenvalue weighted by molar-refractivity contribution is -0.383. The van der Waals surface area contributed by atoms with E-state index in [4.69, 9.17) is 4.74 Å². The minimum atomic E-state index is -1.81. The van der Waals surface area contributed by atoms with Gasteiger partial charge in [0.15, 0.2) is 5.60 Å². The number of hydrogen-bond acceptors (Lipinski definition) is 7. The van der Waals surface area contributed by atoms with Gasteiger partial charge in [-0.2, -0.15) is 0 Å². The maximum Gasteiger partial charge on any atom is 0.342 e. The minimum absolute atomic E-state index is 0.0363. The number of rotatable bonds is 2. The molecule has 3 aliphatic heterocycles. The van der Waals surface area contributed by atoms with Crippen LogP contribution in [0.25, 0.3) is 10.9 Å². The molecule has 29 heavy (non-hydrogen) atoms. The van der Waals surface area contributed by atoms with Crippen molar-refractivity contribution < 1.29 is 24.4 Å². The van der Waals surface area contributed by atoms with Crippen LogP contribution in [0.4, 0.5) is 5.69 Å². The third-order valence-electron chi connectivity index (χ3n) is 6.15. The molecule has 1 unspecified atom stereocenters. The lowest BCUT2D eigenvalue weighted by atomic mass is 9.79. The van der Waals surface area contributed by atoms with Gasteiger partial charge in [-0.05, 0) is 36.1 Å². The Bertz CT molecular complexity index is 1160. The highest BCUT2D eigenvalue weighted by Crippen LogP contribution is 2.47. The van der Waals surface area contributed by atoms with Crippen LogP contribution in [0.2, 0.25) is 0 Å². The molecule has 2 atom stereocenters. The van der Waals surface area contributed by atoms with Gasteiger partial charge < -0.3 is 14.7 Å². The number of benzene rings is 1. The van der Waals surface area contributed by atoms with Crippen LogP contribution in [0, 0.1) is 10.1 Å². The summed E-state index contributed by atoms with van der Waals surface area (Å²) in [4.78, 5) is 42.5. The van der Waals surface area contributed by atoms with Crippen molar-refractivity contribution in [2.45, 2.75) is 38.0 Å². The zero-order chi connectivity index (χ0) is 20.5. The Balaban J connectivity index is 1.64. The quantitative estimate of drug-likeness (QED) is 0.468. The number of aliphatic hydroxyl groups is 1. The second-order valence-electron chi connectivity index (χ2n) is 7.53. The Labute approximate surface area is 164 Å². The molecule has 0 spiro atoms. The number of amides is 1. The minimum Gasteiger partial charge on any atom is -0.458 e. The van der Waals surface area contributed by atoms with Gasteiger partial charge in [-0.1, -0.05) is 13.0 Å². The van der Waals surface area contributed by atoms with Crippen LogP contribution < -0.4 is 0 Å². The van der Waals surface area contributed by atoms with Crippen molar-refractivity contribution in [3.8, 4) is 0 Å². The van der Waals surface area contributed by atoms with E-state index < -0.39 is 22.5 Å². The van der Waals surface area contributed by atoms with Crippen molar-refractivity contribution in [1.82, 2.24) is 9.88 Å². The van der Waals surface area contributed by atoms with Crippen LogP contribution in [0.5, 0.6) is 0 Å². The molecule has 0 bridgehead atoms. The van der Waals surface area contributed by atoms with Crippen molar-refractivity contribution in [3.05, 3.63) is 56.8 Å². The molecule has 9 nitrogen and oxygen atoms in total. The number of fused-ring (bicyclic) bond motifs is 4. The lowest BCUT2D eigenvalue weighted by Gasteiger charge is -2.41. The predicted molar refractivity (Wildman–Crippen MR) is 99.5 cm³/mol.